The lowest BCUT2D eigenvalue weighted by Crippen LogP contribution is -2.40. The van der Waals surface area contributed by atoms with E-state index in [2.05, 4.69) is 38.4 Å². The molecule has 0 saturated carbocycles. The number of fused-ring (bicyclic) bond motifs is 2. The lowest BCUT2D eigenvalue weighted by atomic mass is 10.0. The molecule has 0 aromatic rings. The molecule has 2 bridgehead atoms. The summed E-state index contributed by atoms with van der Waals surface area (Å²) in [6.45, 7) is 11.2. The molecule has 0 aliphatic carbocycles. The molecule has 0 amide bonds. The minimum absolute atomic E-state index is 0.0865. The smallest absolute Gasteiger partial charge is 0.259 e. The highest BCUT2D eigenvalue weighted by atomic mass is 31.2. The van der Waals surface area contributed by atoms with Crippen LogP contribution >= 0.6 is 8.53 Å². The molecule has 2 aliphatic heterocycles. The molecular formula is C16H29N2O4P. The Morgan fingerprint density at radius 1 is 1.43 bits per heavy atom. The third kappa shape index (κ3) is 4.04. The zero-order valence-electron chi connectivity index (χ0n) is 15.7. The maximum atomic E-state index is 8.79. The van der Waals surface area contributed by atoms with Crippen LogP contribution in [0.5, 0.6) is 0 Å². The van der Waals surface area contributed by atoms with Crippen LogP contribution < -0.4 is 0 Å². The second-order valence-electron chi connectivity index (χ2n) is 6.74. The summed E-state index contributed by atoms with van der Waals surface area (Å²) in [5.74, 6) is 0. The van der Waals surface area contributed by atoms with Crippen molar-refractivity contribution in [3.8, 4) is 6.07 Å². The molecule has 2 aliphatic rings. The maximum absolute atomic E-state index is 8.79. The standard InChI is InChI=1S/C16H29N2O4P/c1-11(2)18(12(3)4)23(20-9-7-8-17)22-15-14-13(5)21-16(15,6)10-19-14/h11-15H,7,9-10H2,1-6H3/t13?,14-,15+,16?,23?/m1/s1/i6D. The van der Waals surface area contributed by atoms with Gasteiger partial charge in [0.15, 0.2) is 0 Å². The van der Waals surface area contributed by atoms with Gasteiger partial charge in [-0.3, -0.25) is 0 Å². The third-order valence-electron chi connectivity index (χ3n) is 4.09. The summed E-state index contributed by atoms with van der Waals surface area (Å²) in [6.07, 6.45) is -0.233. The Bertz CT molecular complexity index is 454. The zero-order chi connectivity index (χ0) is 17.9. The second-order valence-corrected chi connectivity index (χ2v) is 8.14. The Morgan fingerprint density at radius 3 is 2.65 bits per heavy atom. The van der Waals surface area contributed by atoms with E-state index in [4.69, 9.17) is 25.2 Å². The van der Waals surface area contributed by atoms with Crippen molar-refractivity contribution >= 4 is 8.53 Å². The molecule has 3 unspecified atom stereocenters. The number of hydrogen-bond acceptors (Lipinski definition) is 6. The van der Waals surface area contributed by atoms with Gasteiger partial charge in [-0.15, -0.1) is 0 Å². The first-order valence-electron chi connectivity index (χ1n) is 8.90. The number of ether oxygens (including phenoxy) is 2. The number of nitriles is 1. The molecular weight excluding hydrogens is 315 g/mol. The Hall–Kier alpha value is -0.280. The lowest BCUT2D eigenvalue weighted by Gasteiger charge is -2.38. The number of rotatable bonds is 8. The van der Waals surface area contributed by atoms with E-state index in [1.807, 2.05) is 6.92 Å². The van der Waals surface area contributed by atoms with Gasteiger partial charge in [0.1, 0.15) is 17.8 Å². The van der Waals surface area contributed by atoms with Crippen molar-refractivity contribution in [2.24, 2.45) is 0 Å². The van der Waals surface area contributed by atoms with Crippen molar-refractivity contribution in [1.29, 1.82) is 5.26 Å². The largest absolute Gasteiger partial charge is 0.370 e. The van der Waals surface area contributed by atoms with Crippen LogP contribution in [0.3, 0.4) is 0 Å². The molecule has 0 spiro atoms. The monoisotopic (exact) mass is 345 g/mol. The summed E-state index contributed by atoms with van der Waals surface area (Å²) in [5.41, 5.74) is -0.705. The minimum atomic E-state index is -1.36. The molecule has 2 fully saturated rings. The van der Waals surface area contributed by atoms with Gasteiger partial charge < -0.3 is 18.5 Å². The fourth-order valence-electron chi connectivity index (χ4n) is 3.17. The van der Waals surface area contributed by atoms with Crippen LogP contribution in [0.2, 0.25) is 0 Å². The first-order valence-corrected chi connectivity index (χ1v) is 9.33. The zero-order valence-corrected chi connectivity index (χ0v) is 15.6. The topological polar surface area (TPSA) is 64.0 Å². The third-order valence-corrected chi connectivity index (χ3v) is 6.20. The lowest BCUT2D eigenvalue weighted by molar-refractivity contribution is -0.129. The van der Waals surface area contributed by atoms with Crippen LogP contribution in [0.15, 0.2) is 0 Å². The van der Waals surface area contributed by atoms with Crippen LogP contribution in [-0.2, 0) is 18.5 Å². The van der Waals surface area contributed by atoms with Crippen molar-refractivity contribution in [3.05, 3.63) is 0 Å². The molecule has 132 valence electrons. The molecule has 0 aromatic carbocycles. The summed E-state index contributed by atoms with van der Waals surface area (Å²) in [5, 5.41) is 8.79. The van der Waals surface area contributed by atoms with E-state index in [1.165, 1.54) is 0 Å². The Kier molecular flexibility index (Phi) is 5.90. The van der Waals surface area contributed by atoms with Crippen LogP contribution in [0, 0.1) is 11.3 Å². The van der Waals surface area contributed by atoms with Gasteiger partial charge in [-0.25, -0.2) is 4.67 Å². The highest BCUT2D eigenvalue weighted by Gasteiger charge is 2.59. The van der Waals surface area contributed by atoms with E-state index in [1.54, 1.807) is 0 Å². The Balaban J connectivity index is 2.17. The average molecular weight is 345 g/mol. The van der Waals surface area contributed by atoms with Crippen LogP contribution in [0.25, 0.3) is 0 Å². The molecule has 7 heteroatoms. The summed E-state index contributed by atoms with van der Waals surface area (Å²) >= 11 is 0. The number of nitrogens with zero attached hydrogens (tertiary/aromatic N) is 2. The summed E-state index contributed by atoms with van der Waals surface area (Å²) < 4.78 is 34.2. The van der Waals surface area contributed by atoms with Gasteiger partial charge in [0, 0.05) is 13.5 Å². The van der Waals surface area contributed by atoms with Gasteiger partial charge in [-0.1, -0.05) is 0 Å². The van der Waals surface area contributed by atoms with E-state index >= 15 is 0 Å². The molecule has 2 rings (SSSR count). The first kappa shape index (κ1) is 17.5. The van der Waals surface area contributed by atoms with Crippen LogP contribution in [0.1, 0.15) is 49.3 Å². The number of hydrogen-bond donors (Lipinski definition) is 0. The predicted octanol–water partition coefficient (Wildman–Crippen LogP) is 3.22. The SMILES string of the molecule is [2H]CC12CO[C@H](C(C)O1)[C@@H]2OP(OCCC#N)N(C(C)C)C(C)C. The van der Waals surface area contributed by atoms with Crippen molar-refractivity contribution in [1.82, 2.24) is 4.67 Å². The normalized spacial score (nSPS) is 35.1. The molecule has 0 radical (unpaired) electrons. The molecule has 6 nitrogen and oxygen atoms in total. The van der Waals surface area contributed by atoms with Crippen LogP contribution in [-0.4, -0.2) is 53.9 Å². The van der Waals surface area contributed by atoms with Crippen molar-refractivity contribution in [3.63, 3.8) is 0 Å². The molecule has 2 saturated heterocycles. The predicted molar refractivity (Wildman–Crippen MR) is 88.8 cm³/mol. The summed E-state index contributed by atoms with van der Waals surface area (Å²) in [4.78, 5) is 0. The van der Waals surface area contributed by atoms with Gasteiger partial charge in [-0.2, -0.15) is 5.26 Å². The fourth-order valence-corrected chi connectivity index (χ4v) is 4.98. The second kappa shape index (κ2) is 7.74. The highest BCUT2D eigenvalue weighted by Crippen LogP contribution is 2.53. The van der Waals surface area contributed by atoms with E-state index in [0.29, 0.717) is 19.6 Å². The van der Waals surface area contributed by atoms with Gasteiger partial charge in [0.25, 0.3) is 8.53 Å². The van der Waals surface area contributed by atoms with Gasteiger partial charge in [0.05, 0.1) is 31.8 Å². The molecule has 2 heterocycles. The van der Waals surface area contributed by atoms with E-state index in [0.717, 1.165) is 0 Å². The highest BCUT2D eigenvalue weighted by molar-refractivity contribution is 7.44. The maximum Gasteiger partial charge on any atom is 0.259 e. The van der Waals surface area contributed by atoms with Crippen molar-refractivity contribution in [2.45, 2.75) is 83.9 Å². The van der Waals surface area contributed by atoms with Crippen molar-refractivity contribution in [2.75, 3.05) is 13.2 Å². The molecule has 23 heavy (non-hydrogen) atoms. The van der Waals surface area contributed by atoms with Gasteiger partial charge >= 0.3 is 0 Å². The molecule has 0 aromatic heterocycles. The quantitative estimate of drug-likeness (QED) is 0.497. The van der Waals surface area contributed by atoms with Gasteiger partial charge in [0.2, 0.25) is 0 Å². The molecule has 0 N–H and O–H groups in total. The summed E-state index contributed by atoms with van der Waals surface area (Å²) in [6, 6.07) is 2.58. The Morgan fingerprint density at radius 2 is 2.13 bits per heavy atom. The van der Waals surface area contributed by atoms with Crippen LogP contribution in [0.4, 0.5) is 0 Å². The Labute approximate surface area is 142 Å². The first-order chi connectivity index (χ1) is 11.4. The van der Waals surface area contributed by atoms with E-state index in [9.17, 15) is 0 Å². The summed E-state index contributed by atoms with van der Waals surface area (Å²) in [7, 11) is -1.36. The fraction of sp³-hybridized carbons (Fsp3) is 0.938. The average Bonchev–Trinajstić information content (AvgIpc) is 2.98. The minimum Gasteiger partial charge on any atom is -0.370 e. The molecule has 5 atom stereocenters. The van der Waals surface area contributed by atoms with E-state index in [-0.39, 0.29) is 37.3 Å². The van der Waals surface area contributed by atoms with E-state index < -0.39 is 14.1 Å². The van der Waals surface area contributed by atoms with Gasteiger partial charge in [-0.05, 0) is 41.5 Å². The van der Waals surface area contributed by atoms with Crippen molar-refractivity contribution < 1.29 is 19.9 Å².